The van der Waals surface area contributed by atoms with Gasteiger partial charge in [0.2, 0.25) is 0 Å². The van der Waals surface area contributed by atoms with Crippen LogP contribution < -0.4 is 5.32 Å². The molecule has 3 N–H and O–H groups in total. The molecule has 6 heteroatoms. The summed E-state index contributed by atoms with van der Waals surface area (Å²) in [7, 11) is 0. The van der Waals surface area contributed by atoms with Crippen LogP contribution in [0.15, 0.2) is 66.7 Å². The quantitative estimate of drug-likeness (QED) is 0.498. The lowest BCUT2D eigenvalue weighted by molar-refractivity contribution is 0.0520. The third-order valence-corrected chi connectivity index (χ3v) is 7.48. The SMILES string of the molecule is Cc1c(F)cccc1[C@H]1[C@@H](C(=O)c2cccc(O)c2)CN(C2CNC2)C[C@@H]1c1ccccc1O. The van der Waals surface area contributed by atoms with Crippen molar-refractivity contribution < 1.29 is 19.4 Å². The second kappa shape index (κ2) is 9.20. The van der Waals surface area contributed by atoms with Crippen molar-refractivity contribution in [3.63, 3.8) is 0 Å². The summed E-state index contributed by atoms with van der Waals surface area (Å²) in [5, 5.41) is 24.1. The molecule has 5 rings (SSSR count). The standard InChI is InChI=1S/C28H29FN2O3/c1-17-21(9-5-10-25(17)29)27-23(22-8-2-3-11-26(22)33)15-31(19-13-30-14-19)16-24(27)28(34)18-6-4-7-20(32)12-18/h2-12,19,23-24,27,30,32-33H,13-16H2,1H3/t23-,24+,27-/m1/s1. The summed E-state index contributed by atoms with van der Waals surface area (Å²) >= 11 is 0. The monoisotopic (exact) mass is 460 g/mol. The fourth-order valence-electron chi connectivity index (χ4n) is 5.55. The predicted molar refractivity (Wildman–Crippen MR) is 129 cm³/mol. The first-order chi connectivity index (χ1) is 16.4. The van der Waals surface area contributed by atoms with Crippen LogP contribution in [0, 0.1) is 18.7 Å². The summed E-state index contributed by atoms with van der Waals surface area (Å²) in [6, 6.07) is 19.0. The number of phenols is 2. The van der Waals surface area contributed by atoms with Crippen molar-refractivity contribution in [2.24, 2.45) is 5.92 Å². The summed E-state index contributed by atoms with van der Waals surface area (Å²) < 4.78 is 14.7. The zero-order valence-electron chi connectivity index (χ0n) is 19.1. The van der Waals surface area contributed by atoms with Crippen molar-refractivity contribution in [1.82, 2.24) is 10.2 Å². The third-order valence-electron chi connectivity index (χ3n) is 7.48. The summed E-state index contributed by atoms with van der Waals surface area (Å²) in [4.78, 5) is 16.3. The topological polar surface area (TPSA) is 72.8 Å². The number of aromatic hydroxyl groups is 2. The molecule has 0 saturated carbocycles. The Balaban J connectivity index is 1.67. The zero-order valence-corrected chi connectivity index (χ0v) is 19.1. The number of halogens is 1. The maximum atomic E-state index is 14.7. The molecule has 3 aromatic carbocycles. The molecule has 34 heavy (non-hydrogen) atoms. The van der Waals surface area contributed by atoms with E-state index in [1.807, 2.05) is 18.2 Å². The van der Waals surface area contributed by atoms with Crippen molar-refractivity contribution in [2.45, 2.75) is 24.8 Å². The van der Waals surface area contributed by atoms with Gasteiger partial charge in [0, 0.05) is 55.5 Å². The highest BCUT2D eigenvalue weighted by molar-refractivity contribution is 5.99. The lowest BCUT2D eigenvalue weighted by Crippen LogP contribution is -2.61. The van der Waals surface area contributed by atoms with E-state index in [2.05, 4.69) is 10.2 Å². The van der Waals surface area contributed by atoms with Crippen molar-refractivity contribution in [2.75, 3.05) is 26.2 Å². The van der Waals surface area contributed by atoms with Gasteiger partial charge >= 0.3 is 0 Å². The molecule has 0 aliphatic carbocycles. The smallest absolute Gasteiger partial charge is 0.167 e. The molecule has 2 aliphatic heterocycles. The van der Waals surface area contributed by atoms with Crippen LogP contribution in [-0.2, 0) is 0 Å². The van der Waals surface area contributed by atoms with Crippen LogP contribution in [-0.4, -0.2) is 53.1 Å². The fourth-order valence-corrected chi connectivity index (χ4v) is 5.55. The van der Waals surface area contributed by atoms with E-state index in [1.54, 1.807) is 43.3 Å². The Hall–Kier alpha value is -3.22. The van der Waals surface area contributed by atoms with Gasteiger partial charge in [0.25, 0.3) is 0 Å². The largest absolute Gasteiger partial charge is 0.508 e. The average Bonchev–Trinajstić information content (AvgIpc) is 2.79. The van der Waals surface area contributed by atoms with Gasteiger partial charge in [-0.1, -0.05) is 42.5 Å². The molecule has 0 aromatic heterocycles. The molecule has 0 unspecified atom stereocenters. The van der Waals surface area contributed by atoms with Gasteiger partial charge in [-0.15, -0.1) is 0 Å². The Morgan fingerprint density at radius 3 is 2.41 bits per heavy atom. The molecule has 0 spiro atoms. The number of phenolic OH excluding ortho intramolecular Hbond substituents is 2. The fraction of sp³-hybridized carbons (Fsp3) is 0.321. The Morgan fingerprint density at radius 2 is 1.71 bits per heavy atom. The van der Waals surface area contributed by atoms with E-state index < -0.39 is 5.92 Å². The normalized spacial score (nSPS) is 23.4. The second-order valence-corrected chi connectivity index (χ2v) is 9.43. The predicted octanol–water partition coefficient (Wildman–Crippen LogP) is 4.20. The van der Waals surface area contributed by atoms with Gasteiger partial charge < -0.3 is 15.5 Å². The van der Waals surface area contributed by atoms with Gasteiger partial charge in [-0.05, 0) is 47.9 Å². The first kappa shape index (κ1) is 22.6. The highest BCUT2D eigenvalue weighted by Crippen LogP contribution is 2.48. The Bertz CT molecular complexity index is 1210. The van der Waals surface area contributed by atoms with Gasteiger partial charge in [-0.25, -0.2) is 4.39 Å². The molecule has 0 bridgehead atoms. The maximum absolute atomic E-state index is 14.7. The minimum atomic E-state index is -0.471. The molecule has 5 nitrogen and oxygen atoms in total. The van der Waals surface area contributed by atoms with E-state index in [-0.39, 0.29) is 34.9 Å². The second-order valence-electron chi connectivity index (χ2n) is 9.43. The van der Waals surface area contributed by atoms with E-state index in [0.717, 1.165) is 24.2 Å². The van der Waals surface area contributed by atoms with Crippen LogP contribution in [0.3, 0.4) is 0 Å². The molecule has 2 heterocycles. The number of benzene rings is 3. The van der Waals surface area contributed by atoms with E-state index in [1.165, 1.54) is 12.1 Å². The molecule has 2 fully saturated rings. The number of nitrogens with one attached hydrogen (secondary N) is 1. The first-order valence-electron chi connectivity index (χ1n) is 11.7. The van der Waals surface area contributed by atoms with Crippen molar-refractivity contribution in [3.8, 4) is 11.5 Å². The van der Waals surface area contributed by atoms with Crippen LogP contribution in [0.4, 0.5) is 4.39 Å². The number of hydrogen-bond acceptors (Lipinski definition) is 5. The summed E-state index contributed by atoms with van der Waals surface area (Å²) in [5.41, 5.74) is 2.52. The number of ketones is 1. The molecule has 0 radical (unpaired) electrons. The van der Waals surface area contributed by atoms with Gasteiger partial charge in [0.05, 0.1) is 0 Å². The summed E-state index contributed by atoms with van der Waals surface area (Å²) in [5.74, 6) is -1.17. The van der Waals surface area contributed by atoms with Crippen molar-refractivity contribution in [3.05, 3.63) is 94.8 Å². The lowest BCUT2D eigenvalue weighted by Gasteiger charge is -2.49. The molecule has 2 aliphatic rings. The van der Waals surface area contributed by atoms with Crippen LogP contribution in [0.5, 0.6) is 11.5 Å². The molecule has 2 saturated heterocycles. The highest BCUT2D eigenvalue weighted by Gasteiger charge is 2.45. The molecule has 176 valence electrons. The number of piperidine rings is 1. The number of carbonyl (C=O) groups excluding carboxylic acids is 1. The van der Waals surface area contributed by atoms with Crippen LogP contribution in [0.2, 0.25) is 0 Å². The maximum Gasteiger partial charge on any atom is 0.167 e. The van der Waals surface area contributed by atoms with Crippen molar-refractivity contribution >= 4 is 5.78 Å². The number of Topliss-reactive ketones (excluding diaryl/α,β-unsaturated/α-hetero) is 1. The van der Waals surface area contributed by atoms with E-state index >= 15 is 0 Å². The number of likely N-dealkylation sites (tertiary alicyclic amines) is 1. The average molecular weight is 461 g/mol. The molecule has 3 aromatic rings. The minimum Gasteiger partial charge on any atom is -0.508 e. The van der Waals surface area contributed by atoms with E-state index in [9.17, 15) is 19.4 Å². The first-order valence-corrected chi connectivity index (χ1v) is 11.7. The molecular weight excluding hydrogens is 431 g/mol. The number of nitrogens with zero attached hydrogens (tertiary/aromatic N) is 1. The van der Waals surface area contributed by atoms with Gasteiger partial charge in [0.1, 0.15) is 17.3 Å². The van der Waals surface area contributed by atoms with Crippen LogP contribution in [0.25, 0.3) is 0 Å². The van der Waals surface area contributed by atoms with E-state index in [4.69, 9.17) is 0 Å². The van der Waals surface area contributed by atoms with Gasteiger partial charge in [-0.2, -0.15) is 0 Å². The van der Waals surface area contributed by atoms with Gasteiger partial charge in [0.15, 0.2) is 5.78 Å². The van der Waals surface area contributed by atoms with Gasteiger partial charge in [-0.3, -0.25) is 9.69 Å². The Kier molecular flexibility index (Phi) is 6.11. The Labute approximate surface area is 198 Å². The number of carbonyl (C=O) groups is 1. The minimum absolute atomic E-state index is 0.0393. The number of hydrogen-bond donors (Lipinski definition) is 3. The highest BCUT2D eigenvalue weighted by atomic mass is 19.1. The molecule has 3 atom stereocenters. The number of para-hydroxylation sites is 1. The Morgan fingerprint density at radius 1 is 0.971 bits per heavy atom. The van der Waals surface area contributed by atoms with Crippen LogP contribution >= 0.6 is 0 Å². The summed E-state index contributed by atoms with van der Waals surface area (Å²) in [6.45, 7) is 4.65. The zero-order chi connectivity index (χ0) is 23.8. The van der Waals surface area contributed by atoms with Crippen LogP contribution in [0.1, 0.15) is 38.9 Å². The lowest BCUT2D eigenvalue weighted by atomic mass is 9.67. The molecular formula is C28H29FN2O3. The molecule has 0 amide bonds. The third kappa shape index (κ3) is 4.08. The summed E-state index contributed by atoms with van der Waals surface area (Å²) in [6.07, 6.45) is 0. The van der Waals surface area contributed by atoms with E-state index in [0.29, 0.717) is 30.3 Å². The van der Waals surface area contributed by atoms with Crippen molar-refractivity contribution in [1.29, 1.82) is 0 Å². The number of rotatable bonds is 5.